The third-order valence-corrected chi connectivity index (χ3v) is 2.54. The lowest BCUT2D eigenvalue weighted by molar-refractivity contribution is -0.115. The van der Waals surface area contributed by atoms with Gasteiger partial charge in [-0.3, -0.25) is 0 Å². The topological polar surface area (TPSA) is 103 Å². The van der Waals surface area contributed by atoms with Crippen molar-refractivity contribution in [1.29, 1.82) is 0 Å². The quantitative estimate of drug-likeness (QED) is 0.336. The molecule has 0 bridgehead atoms. The fourth-order valence-corrected chi connectivity index (χ4v) is 1.69. The van der Waals surface area contributed by atoms with E-state index in [-0.39, 0.29) is 12.3 Å². The maximum Gasteiger partial charge on any atom is 0.128 e. The summed E-state index contributed by atoms with van der Waals surface area (Å²) in [6.07, 6.45) is -5.11. The van der Waals surface area contributed by atoms with Gasteiger partial charge in [0.1, 0.15) is 24.9 Å². The molecule has 1 aliphatic heterocycles. The molecule has 0 unspecified atom stereocenters. The highest BCUT2D eigenvalue weighted by Crippen LogP contribution is 2.27. The zero-order chi connectivity index (χ0) is 9.59. The highest BCUT2D eigenvalue weighted by molar-refractivity contribution is 5.93. The second-order valence-corrected chi connectivity index (χ2v) is 3.34. The highest BCUT2D eigenvalue weighted by atomic mass is 16.6. The van der Waals surface area contributed by atoms with E-state index in [1.807, 2.05) is 0 Å². The third-order valence-electron chi connectivity index (χ3n) is 2.54. The third kappa shape index (κ3) is 1.14. The van der Waals surface area contributed by atoms with Gasteiger partial charge in [-0.05, 0) is 0 Å². The van der Waals surface area contributed by atoms with Crippen LogP contribution < -0.4 is 0 Å². The largest absolute Gasteiger partial charge is 0.395 e. The number of rotatable bonds is 0. The lowest BCUT2D eigenvalue weighted by Gasteiger charge is -2.35. The summed E-state index contributed by atoms with van der Waals surface area (Å²) in [6, 6.07) is 0. The minimum absolute atomic E-state index is 0.136. The van der Waals surface area contributed by atoms with Crippen LogP contribution in [0.2, 0.25) is 0 Å². The monoisotopic (exact) mass is 189 g/mol. The van der Waals surface area contributed by atoms with E-state index in [1.165, 1.54) is 0 Å². The Kier molecular flexibility index (Phi) is 1.99. The minimum Gasteiger partial charge on any atom is -0.395 e. The molecular weight excluding hydrogens is 178 g/mol. The SMILES string of the molecule is O[C@@H]1[C@H](O)[C@@H](O)C2=NOC[C@@H]2[C@H]1O. The number of oxime groups is 1. The lowest BCUT2D eigenvalue weighted by atomic mass is 9.80. The standard InChI is InChI=1S/C7H11NO5/c9-4-2-1-13-8-3(2)5(10)7(12)6(4)11/h2,4-7,9-12H,1H2/t2-,4+,5-,6-,7+/m0/s1. The number of aliphatic hydroxyl groups excluding tert-OH is 4. The highest BCUT2D eigenvalue weighted by Gasteiger charge is 2.49. The van der Waals surface area contributed by atoms with E-state index in [2.05, 4.69) is 9.99 Å². The van der Waals surface area contributed by atoms with E-state index in [0.29, 0.717) is 0 Å². The predicted octanol–water partition coefficient (Wildman–Crippen LogP) is -2.55. The molecule has 2 aliphatic rings. The van der Waals surface area contributed by atoms with Gasteiger partial charge in [0, 0.05) is 0 Å². The summed E-state index contributed by atoms with van der Waals surface area (Å²) in [4.78, 5) is 4.67. The first-order valence-electron chi connectivity index (χ1n) is 4.05. The van der Waals surface area contributed by atoms with Crippen LogP contribution in [-0.4, -0.2) is 57.2 Å². The van der Waals surface area contributed by atoms with E-state index in [0.717, 1.165) is 0 Å². The van der Waals surface area contributed by atoms with Gasteiger partial charge in [0.15, 0.2) is 0 Å². The molecule has 0 radical (unpaired) electrons. The molecule has 1 saturated carbocycles. The molecule has 1 heterocycles. The van der Waals surface area contributed by atoms with Gasteiger partial charge in [-0.1, -0.05) is 5.16 Å². The van der Waals surface area contributed by atoms with Crippen molar-refractivity contribution in [1.82, 2.24) is 0 Å². The van der Waals surface area contributed by atoms with Crippen LogP contribution in [0.5, 0.6) is 0 Å². The van der Waals surface area contributed by atoms with Gasteiger partial charge in [0.25, 0.3) is 0 Å². The Balaban J connectivity index is 2.27. The molecule has 6 nitrogen and oxygen atoms in total. The summed E-state index contributed by atoms with van der Waals surface area (Å²) in [6.45, 7) is 0.136. The van der Waals surface area contributed by atoms with Gasteiger partial charge in [0.05, 0.1) is 17.7 Å². The van der Waals surface area contributed by atoms with Crippen molar-refractivity contribution in [2.45, 2.75) is 24.4 Å². The van der Waals surface area contributed by atoms with Crippen LogP contribution in [0, 0.1) is 5.92 Å². The van der Waals surface area contributed by atoms with E-state index >= 15 is 0 Å². The molecule has 0 spiro atoms. The molecule has 13 heavy (non-hydrogen) atoms. The fraction of sp³-hybridized carbons (Fsp3) is 0.857. The summed E-state index contributed by atoms with van der Waals surface area (Å²) in [5.41, 5.74) is 0.213. The molecule has 4 N–H and O–H groups in total. The minimum atomic E-state index is -1.40. The van der Waals surface area contributed by atoms with Crippen LogP contribution in [-0.2, 0) is 4.84 Å². The number of hydrogen-bond donors (Lipinski definition) is 4. The maximum absolute atomic E-state index is 9.45. The number of aliphatic hydroxyl groups is 4. The van der Waals surface area contributed by atoms with Gasteiger partial charge >= 0.3 is 0 Å². The first kappa shape index (κ1) is 8.89. The Bertz CT molecular complexity index is 243. The van der Waals surface area contributed by atoms with E-state index in [9.17, 15) is 20.4 Å². The van der Waals surface area contributed by atoms with Crippen LogP contribution in [0.25, 0.3) is 0 Å². The molecular formula is C7H11NO5. The van der Waals surface area contributed by atoms with Gasteiger partial charge in [-0.15, -0.1) is 0 Å². The molecule has 0 aromatic heterocycles. The molecule has 2 rings (SSSR count). The van der Waals surface area contributed by atoms with Crippen molar-refractivity contribution in [3.8, 4) is 0 Å². The van der Waals surface area contributed by atoms with Crippen LogP contribution in [0.3, 0.4) is 0 Å². The first-order valence-corrected chi connectivity index (χ1v) is 4.05. The van der Waals surface area contributed by atoms with Crippen LogP contribution in [0.1, 0.15) is 0 Å². The van der Waals surface area contributed by atoms with Crippen LogP contribution in [0.4, 0.5) is 0 Å². The van der Waals surface area contributed by atoms with Crippen molar-refractivity contribution in [3.63, 3.8) is 0 Å². The van der Waals surface area contributed by atoms with Crippen LogP contribution in [0.15, 0.2) is 5.16 Å². The van der Waals surface area contributed by atoms with Gasteiger partial charge in [0.2, 0.25) is 0 Å². The van der Waals surface area contributed by atoms with E-state index in [4.69, 9.17) is 0 Å². The van der Waals surface area contributed by atoms with Gasteiger partial charge in [-0.2, -0.15) is 0 Å². The molecule has 5 atom stereocenters. The Morgan fingerprint density at radius 1 is 1.08 bits per heavy atom. The molecule has 6 heteroatoms. The van der Waals surface area contributed by atoms with Gasteiger partial charge < -0.3 is 25.3 Å². The average Bonchev–Trinajstić information content (AvgIpc) is 2.59. The fourth-order valence-electron chi connectivity index (χ4n) is 1.69. The summed E-state index contributed by atoms with van der Waals surface area (Å²) in [5, 5.41) is 40.9. The smallest absolute Gasteiger partial charge is 0.128 e. The molecule has 0 saturated heterocycles. The number of nitrogens with zero attached hydrogens (tertiary/aromatic N) is 1. The van der Waals surface area contributed by atoms with Crippen molar-refractivity contribution in [2.75, 3.05) is 6.61 Å². The van der Waals surface area contributed by atoms with E-state index < -0.39 is 30.3 Å². The number of fused-ring (bicyclic) bond motifs is 1. The Hall–Kier alpha value is -0.690. The molecule has 1 fully saturated rings. The summed E-state index contributed by atoms with van der Waals surface area (Å²) in [7, 11) is 0. The second-order valence-electron chi connectivity index (χ2n) is 3.34. The molecule has 74 valence electrons. The predicted molar refractivity (Wildman–Crippen MR) is 40.9 cm³/mol. The summed E-state index contributed by atoms with van der Waals surface area (Å²) < 4.78 is 0. The zero-order valence-corrected chi connectivity index (χ0v) is 6.74. The Morgan fingerprint density at radius 2 is 1.77 bits per heavy atom. The molecule has 1 aliphatic carbocycles. The molecule has 0 amide bonds. The van der Waals surface area contributed by atoms with Gasteiger partial charge in [-0.25, -0.2) is 0 Å². The van der Waals surface area contributed by atoms with Crippen molar-refractivity contribution < 1.29 is 25.3 Å². The second kappa shape index (κ2) is 2.91. The zero-order valence-electron chi connectivity index (χ0n) is 6.74. The lowest BCUT2D eigenvalue weighted by Crippen LogP contribution is -2.58. The Morgan fingerprint density at radius 3 is 2.46 bits per heavy atom. The molecule has 0 aromatic carbocycles. The van der Waals surface area contributed by atoms with Crippen LogP contribution >= 0.6 is 0 Å². The summed E-state index contributed by atoms with van der Waals surface area (Å²) in [5.74, 6) is -0.506. The summed E-state index contributed by atoms with van der Waals surface area (Å²) >= 11 is 0. The maximum atomic E-state index is 9.45. The average molecular weight is 189 g/mol. The van der Waals surface area contributed by atoms with Crippen molar-refractivity contribution in [3.05, 3.63) is 0 Å². The van der Waals surface area contributed by atoms with Crippen molar-refractivity contribution >= 4 is 5.71 Å². The Labute approximate surface area is 74.1 Å². The molecule has 0 aromatic rings. The van der Waals surface area contributed by atoms with E-state index in [1.54, 1.807) is 0 Å². The first-order chi connectivity index (χ1) is 6.13. The van der Waals surface area contributed by atoms with Crippen molar-refractivity contribution in [2.24, 2.45) is 11.1 Å². The normalized spacial score (nSPS) is 49.5. The number of hydrogen-bond acceptors (Lipinski definition) is 6.